The first-order valence-electron chi connectivity index (χ1n) is 7.23. The summed E-state index contributed by atoms with van der Waals surface area (Å²) in [7, 11) is 1.77. The lowest BCUT2D eigenvalue weighted by Gasteiger charge is -2.14. The Bertz CT molecular complexity index is 934. The molecule has 5 nitrogen and oxygen atoms in total. The first-order valence-corrected chi connectivity index (χ1v) is 7.23. The van der Waals surface area contributed by atoms with Gasteiger partial charge in [0.25, 0.3) is 5.91 Å². The lowest BCUT2D eigenvalue weighted by atomic mass is 9.99. The summed E-state index contributed by atoms with van der Waals surface area (Å²) in [5.41, 5.74) is 8.70. The zero-order valence-electron chi connectivity index (χ0n) is 12.5. The molecule has 1 radical (unpaired) electrons. The van der Waals surface area contributed by atoms with Crippen LogP contribution in [0.3, 0.4) is 0 Å². The van der Waals surface area contributed by atoms with Crippen LogP contribution in [-0.2, 0) is 4.79 Å². The number of nitrogens with zero attached hydrogens (tertiary/aromatic N) is 4. The highest BCUT2D eigenvalue weighted by Crippen LogP contribution is 2.30. The van der Waals surface area contributed by atoms with Gasteiger partial charge in [-0.2, -0.15) is 0 Å². The summed E-state index contributed by atoms with van der Waals surface area (Å²) >= 11 is 0. The summed E-state index contributed by atoms with van der Waals surface area (Å²) in [5, 5.41) is 2.64. The third-order valence-corrected chi connectivity index (χ3v) is 3.89. The molecule has 0 aliphatic carbocycles. The predicted molar refractivity (Wildman–Crippen MR) is 87.9 cm³/mol. The van der Waals surface area contributed by atoms with Gasteiger partial charge in [-0.15, -0.1) is 5.43 Å². The van der Waals surface area contributed by atoms with E-state index in [4.69, 9.17) is 0 Å². The molecule has 0 spiro atoms. The normalized spacial score (nSPS) is 14.0. The van der Waals surface area contributed by atoms with E-state index in [0.717, 1.165) is 33.3 Å². The average Bonchev–Trinajstić information content (AvgIpc) is 2.93. The molecule has 3 heterocycles. The first kappa shape index (κ1) is 13.5. The van der Waals surface area contributed by atoms with E-state index in [-0.39, 0.29) is 5.91 Å². The zero-order valence-corrected chi connectivity index (χ0v) is 12.5. The Labute approximate surface area is 133 Å². The van der Waals surface area contributed by atoms with Crippen LogP contribution in [0, 0.1) is 0 Å². The molecule has 5 heteroatoms. The molecule has 0 fully saturated rings. The number of carbonyl (C=O) groups excluding carboxylic acids is 1. The molecule has 0 unspecified atom stereocenters. The van der Waals surface area contributed by atoms with Crippen LogP contribution in [-0.4, -0.2) is 27.9 Å². The molecule has 4 rings (SSSR count). The highest BCUT2D eigenvalue weighted by molar-refractivity contribution is 6.01. The number of fused-ring (bicyclic) bond motifs is 1. The van der Waals surface area contributed by atoms with Crippen LogP contribution < -0.4 is 5.43 Å². The second-order valence-corrected chi connectivity index (χ2v) is 5.32. The van der Waals surface area contributed by atoms with Gasteiger partial charge >= 0.3 is 0 Å². The molecule has 0 saturated carbocycles. The molecule has 1 aliphatic heterocycles. The molecule has 0 bridgehead atoms. The molecule has 1 aromatic carbocycles. The zero-order chi connectivity index (χ0) is 15.8. The first-order chi connectivity index (χ1) is 11.2. The van der Waals surface area contributed by atoms with E-state index in [9.17, 15) is 4.79 Å². The summed E-state index contributed by atoms with van der Waals surface area (Å²) in [6.07, 6.45) is 6.90. The maximum atomic E-state index is 11.5. The monoisotopic (exact) mass is 301 g/mol. The van der Waals surface area contributed by atoms with E-state index < -0.39 is 0 Å². The molecule has 1 amide bonds. The van der Waals surface area contributed by atoms with E-state index in [2.05, 4.69) is 21.5 Å². The number of hydrogen-bond donors (Lipinski definition) is 0. The minimum atomic E-state index is -0.233. The van der Waals surface area contributed by atoms with Crippen molar-refractivity contribution in [2.24, 2.45) is 0 Å². The fraction of sp³-hybridized carbons (Fsp3) is 0.0556. The lowest BCUT2D eigenvalue weighted by molar-refractivity contribution is -0.118. The Kier molecular flexibility index (Phi) is 3.05. The van der Waals surface area contributed by atoms with Crippen LogP contribution in [0.1, 0.15) is 5.56 Å². The van der Waals surface area contributed by atoms with Gasteiger partial charge in [-0.1, -0.05) is 6.07 Å². The van der Waals surface area contributed by atoms with Gasteiger partial charge in [0.15, 0.2) is 0 Å². The van der Waals surface area contributed by atoms with Crippen molar-refractivity contribution < 1.29 is 4.79 Å². The summed E-state index contributed by atoms with van der Waals surface area (Å²) < 4.78 is 0. The number of aromatic nitrogens is 2. The fourth-order valence-corrected chi connectivity index (χ4v) is 2.80. The quantitative estimate of drug-likeness (QED) is 0.730. The highest BCUT2D eigenvalue weighted by atomic mass is 16.2. The van der Waals surface area contributed by atoms with E-state index >= 15 is 0 Å². The molecular weight excluding hydrogens is 288 g/mol. The third kappa shape index (κ3) is 2.32. The lowest BCUT2D eigenvalue weighted by Crippen LogP contribution is -2.22. The Morgan fingerprint density at radius 2 is 1.78 bits per heavy atom. The summed E-state index contributed by atoms with van der Waals surface area (Å²) in [4.78, 5) is 20.0. The molecule has 2 aromatic heterocycles. The second kappa shape index (κ2) is 5.21. The van der Waals surface area contributed by atoms with Gasteiger partial charge in [-0.05, 0) is 41.5 Å². The largest absolute Gasteiger partial charge is 0.288 e. The van der Waals surface area contributed by atoms with Crippen molar-refractivity contribution in [3.8, 4) is 11.1 Å². The van der Waals surface area contributed by atoms with Crippen molar-refractivity contribution >= 4 is 22.5 Å². The van der Waals surface area contributed by atoms with Crippen LogP contribution >= 0.6 is 0 Å². The maximum absolute atomic E-state index is 11.5. The Hall–Kier alpha value is -3.21. The number of rotatable bonds is 2. The van der Waals surface area contributed by atoms with E-state index in [1.165, 1.54) is 0 Å². The van der Waals surface area contributed by atoms with Crippen molar-refractivity contribution in [3.63, 3.8) is 0 Å². The molecule has 0 atom stereocenters. The predicted octanol–water partition coefficient (Wildman–Crippen LogP) is 2.63. The van der Waals surface area contributed by atoms with Gasteiger partial charge in [0.1, 0.15) is 0 Å². The highest BCUT2D eigenvalue weighted by Gasteiger charge is 2.20. The van der Waals surface area contributed by atoms with Crippen molar-refractivity contribution in [1.29, 1.82) is 0 Å². The topological polar surface area (TPSA) is 60.2 Å². The molecule has 0 saturated heterocycles. The van der Waals surface area contributed by atoms with Crippen LogP contribution in [0.15, 0.2) is 61.1 Å². The van der Waals surface area contributed by atoms with Gasteiger partial charge < -0.3 is 0 Å². The number of hydrogen-bond acceptors (Lipinski definition) is 4. The molecule has 0 N–H and O–H groups in total. The number of pyridine rings is 2. The summed E-state index contributed by atoms with van der Waals surface area (Å²) in [6.45, 7) is 0. The molecular formula is C18H13N4O. The smallest absolute Gasteiger partial charge is 0.266 e. The van der Waals surface area contributed by atoms with Gasteiger partial charge in [0.2, 0.25) is 0 Å². The van der Waals surface area contributed by atoms with Gasteiger partial charge in [0, 0.05) is 42.7 Å². The summed E-state index contributed by atoms with van der Waals surface area (Å²) in [5.74, 6) is -0.233. The Morgan fingerprint density at radius 3 is 2.52 bits per heavy atom. The van der Waals surface area contributed by atoms with Crippen LogP contribution in [0.4, 0.5) is 0 Å². The molecule has 23 heavy (non-hydrogen) atoms. The van der Waals surface area contributed by atoms with Gasteiger partial charge in [0.05, 0.1) is 11.2 Å². The minimum Gasteiger partial charge on any atom is -0.266 e. The Morgan fingerprint density at radius 1 is 0.957 bits per heavy atom. The Balaban J connectivity index is 1.91. The maximum Gasteiger partial charge on any atom is 0.288 e. The van der Waals surface area contributed by atoms with Gasteiger partial charge in [-0.25, -0.2) is 0 Å². The van der Waals surface area contributed by atoms with Crippen LogP contribution in [0.2, 0.25) is 0 Å². The fourth-order valence-electron chi connectivity index (χ4n) is 2.80. The summed E-state index contributed by atoms with van der Waals surface area (Å²) in [6, 6.07) is 11.9. The average molecular weight is 301 g/mol. The number of benzene rings is 1. The SMILES string of the molecule is CN1[N]C(=O)C=C1c1ccc2nccc(-c3ccncc3)c2c1. The van der Waals surface area contributed by atoms with E-state index in [1.54, 1.807) is 36.7 Å². The standard InChI is InChI=1S/C18H13N4O/c1-22-17(11-18(23)21-22)13-2-3-16-15(10-13)14(6-9-20-16)12-4-7-19-8-5-12/h2-11H,1H3. The number of amides is 1. The minimum absolute atomic E-state index is 0.233. The van der Waals surface area contributed by atoms with Crippen molar-refractivity contribution in [1.82, 2.24) is 20.4 Å². The van der Waals surface area contributed by atoms with Crippen molar-refractivity contribution in [2.75, 3.05) is 7.05 Å². The van der Waals surface area contributed by atoms with Crippen LogP contribution in [0.5, 0.6) is 0 Å². The van der Waals surface area contributed by atoms with Crippen LogP contribution in [0.25, 0.3) is 27.7 Å². The second-order valence-electron chi connectivity index (χ2n) is 5.32. The third-order valence-electron chi connectivity index (χ3n) is 3.89. The van der Waals surface area contributed by atoms with Crippen molar-refractivity contribution in [2.45, 2.75) is 0 Å². The number of carbonyl (C=O) groups is 1. The van der Waals surface area contributed by atoms with E-state index in [1.807, 2.05) is 30.3 Å². The molecule has 3 aromatic rings. The molecule has 1 aliphatic rings. The van der Waals surface area contributed by atoms with Crippen molar-refractivity contribution in [3.05, 3.63) is 66.6 Å². The molecule has 111 valence electrons. The van der Waals surface area contributed by atoms with Gasteiger partial charge in [-0.3, -0.25) is 19.8 Å². The van der Waals surface area contributed by atoms with E-state index in [0.29, 0.717) is 0 Å².